The molecule has 7 nitrogen and oxygen atoms in total. The van der Waals surface area contributed by atoms with E-state index < -0.39 is 9.84 Å². The molecule has 3 aromatic rings. The van der Waals surface area contributed by atoms with Crippen molar-refractivity contribution in [2.75, 3.05) is 13.4 Å². The van der Waals surface area contributed by atoms with Gasteiger partial charge in [-0.2, -0.15) is 0 Å². The predicted molar refractivity (Wildman–Crippen MR) is 122 cm³/mol. The molecule has 31 heavy (non-hydrogen) atoms. The van der Waals surface area contributed by atoms with Crippen LogP contribution in [0.15, 0.2) is 51.1 Å². The Hall–Kier alpha value is -3.13. The lowest BCUT2D eigenvalue weighted by Gasteiger charge is -2.14. The second-order valence-corrected chi connectivity index (χ2v) is 9.77. The van der Waals surface area contributed by atoms with Crippen molar-refractivity contribution in [2.24, 2.45) is 19.1 Å². The third kappa shape index (κ3) is 4.34. The van der Waals surface area contributed by atoms with E-state index in [4.69, 9.17) is 9.73 Å². The summed E-state index contributed by atoms with van der Waals surface area (Å²) in [6.07, 6.45) is 1.13. The van der Waals surface area contributed by atoms with Gasteiger partial charge in [-0.15, -0.1) is 0 Å². The molecule has 0 aliphatic heterocycles. The number of nitrogens with zero attached hydrogens (tertiary/aromatic N) is 3. The van der Waals surface area contributed by atoms with E-state index in [1.165, 1.54) is 22.3 Å². The van der Waals surface area contributed by atoms with Crippen LogP contribution in [0.4, 0.5) is 5.69 Å². The second-order valence-electron chi connectivity index (χ2n) is 7.79. The molecule has 0 unspecified atom stereocenters. The first-order valence-corrected chi connectivity index (χ1v) is 11.6. The molecule has 1 aromatic heterocycles. The maximum absolute atomic E-state index is 12.9. The van der Waals surface area contributed by atoms with Gasteiger partial charge in [0.1, 0.15) is 16.1 Å². The number of hydrogen-bond donors (Lipinski definition) is 0. The van der Waals surface area contributed by atoms with Crippen molar-refractivity contribution in [3.05, 3.63) is 69.1 Å². The summed E-state index contributed by atoms with van der Waals surface area (Å²) in [7, 11) is 1.21. The van der Waals surface area contributed by atoms with Gasteiger partial charge in [0.25, 0.3) is 0 Å². The number of methoxy groups -OCH3 is 1. The van der Waals surface area contributed by atoms with Crippen molar-refractivity contribution in [2.45, 2.75) is 25.7 Å². The third-order valence-electron chi connectivity index (χ3n) is 5.27. The van der Waals surface area contributed by atoms with E-state index in [9.17, 15) is 13.2 Å². The zero-order chi connectivity index (χ0) is 23.1. The summed E-state index contributed by atoms with van der Waals surface area (Å²) in [4.78, 5) is 17.8. The molecule has 0 radical (unpaired) electrons. The van der Waals surface area contributed by atoms with Crippen LogP contribution >= 0.6 is 0 Å². The molecule has 0 spiro atoms. The summed E-state index contributed by atoms with van der Waals surface area (Å²) >= 11 is 0. The molecular formula is C23H27N3O4S. The Kier molecular flexibility index (Phi) is 5.96. The standard InChI is InChI=1S/C23H27N3O4S/c1-14-10-15(2)22(16(3)11-14)24-21-13-18(25(4)23(27)26(21)5)17-8-9-19(30-6)20(12-17)31(7,28)29/h8-13H,1-7H3/b24-21-. The van der Waals surface area contributed by atoms with E-state index in [1.54, 1.807) is 32.3 Å². The molecule has 0 saturated carbocycles. The average molecular weight is 442 g/mol. The predicted octanol–water partition coefficient (Wildman–Crippen LogP) is 2.96. The number of ether oxygens (including phenoxy) is 1. The van der Waals surface area contributed by atoms with Gasteiger partial charge in [0.2, 0.25) is 0 Å². The van der Waals surface area contributed by atoms with Crippen LogP contribution in [-0.4, -0.2) is 30.9 Å². The van der Waals surface area contributed by atoms with E-state index in [-0.39, 0.29) is 16.3 Å². The first kappa shape index (κ1) is 22.6. The summed E-state index contributed by atoms with van der Waals surface area (Å²) in [5, 5.41) is 0. The fourth-order valence-electron chi connectivity index (χ4n) is 3.72. The van der Waals surface area contributed by atoms with Crippen LogP contribution in [0, 0.1) is 20.8 Å². The van der Waals surface area contributed by atoms with E-state index in [0.717, 1.165) is 28.6 Å². The zero-order valence-electron chi connectivity index (χ0n) is 18.8. The molecular weight excluding hydrogens is 414 g/mol. The lowest BCUT2D eigenvalue weighted by Crippen LogP contribution is -2.37. The van der Waals surface area contributed by atoms with Crippen LogP contribution in [0.3, 0.4) is 0 Å². The van der Waals surface area contributed by atoms with Crippen molar-refractivity contribution < 1.29 is 13.2 Å². The summed E-state index contributed by atoms with van der Waals surface area (Å²) in [5.41, 5.74) is 5.33. The van der Waals surface area contributed by atoms with Crippen molar-refractivity contribution >= 4 is 15.5 Å². The molecule has 0 N–H and O–H groups in total. The van der Waals surface area contributed by atoms with Crippen molar-refractivity contribution in [1.29, 1.82) is 0 Å². The first-order chi connectivity index (χ1) is 14.4. The van der Waals surface area contributed by atoms with Crippen LogP contribution < -0.4 is 15.9 Å². The van der Waals surface area contributed by atoms with Gasteiger partial charge in [-0.3, -0.25) is 9.13 Å². The third-order valence-corrected chi connectivity index (χ3v) is 6.38. The van der Waals surface area contributed by atoms with Crippen LogP contribution in [-0.2, 0) is 23.9 Å². The Morgan fingerprint density at radius 1 is 0.935 bits per heavy atom. The quantitative estimate of drug-likeness (QED) is 0.623. The second kappa shape index (κ2) is 8.19. The van der Waals surface area contributed by atoms with Crippen LogP contribution in [0.25, 0.3) is 11.3 Å². The summed E-state index contributed by atoms with van der Waals surface area (Å²) in [6, 6.07) is 10.7. The van der Waals surface area contributed by atoms with E-state index in [1.807, 2.05) is 20.8 Å². The molecule has 0 amide bonds. The minimum Gasteiger partial charge on any atom is -0.495 e. The lowest BCUT2D eigenvalue weighted by atomic mass is 10.1. The SMILES string of the molecule is COc1ccc(-c2c/c(=N/c3c(C)cc(C)cc3C)n(C)c(=O)n2C)cc1S(C)(=O)=O. The Morgan fingerprint density at radius 2 is 1.55 bits per heavy atom. The molecule has 3 rings (SSSR count). The van der Waals surface area contributed by atoms with Crippen molar-refractivity contribution in [3.63, 3.8) is 0 Å². The highest BCUT2D eigenvalue weighted by Crippen LogP contribution is 2.29. The Bertz CT molecular complexity index is 1390. The molecule has 2 aromatic carbocycles. The highest BCUT2D eigenvalue weighted by Gasteiger charge is 2.17. The van der Waals surface area contributed by atoms with Gasteiger partial charge >= 0.3 is 5.69 Å². The molecule has 0 saturated heterocycles. The normalized spacial score (nSPS) is 12.3. The molecule has 0 aliphatic carbocycles. The largest absolute Gasteiger partial charge is 0.495 e. The Balaban J connectivity index is 2.34. The molecule has 0 bridgehead atoms. The zero-order valence-corrected chi connectivity index (χ0v) is 19.7. The van der Waals surface area contributed by atoms with Crippen LogP contribution in [0.2, 0.25) is 0 Å². The number of benzene rings is 2. The lowest BCUT2D eigenvalue weighted by molar-refractivity contribution is 0.403. The fourth-order valence-corrected chi connectivity index (χ4v) is 4.57. The monoisotopic (exact) mass is 441 g/mol. The smallest absolute Gasteiger partial charge is 0.329 e. The summed E-state index contributed by atoms with van der Waals surface area (Å²) in [5.74, 6) is 0.258. The first-order valence-electron chi connectivity index (χ1n) is 9.72. The number of sulfone groups is 1. The minimum atomic E-state index is -3.52. The number of aromatic nitrogens is 2. The highest BCUT2D eigenvalue weighted by molar-refractivity contribution is 7.90. The molecule has 1 heterocycles. The number of aryl methyl sites for hydroxylation is 3. The average Bonchev–Trinajstić information content (AvgIpc) is 2.69. The maximum atomic E-state index is 12.9. The van der Waals surface area contributed by atoms with Crippen LogP contribution in [0.5, 0.6) is 5.75 Å². The summed E-state index contributed by atoms with van der Waals surface area (Å²) in [6.45, 7) is 6.01. The van der Waals surface area contributed by atoms with Gasteiger partial charge in [0.05, 0.1) is 18.5 Å². The summed E-state index contributed by atoms with van der Waals surface area (Å²) < 4.78 is 32.6. The van der Waals surface area contributed by atoms with Gasteiger partial charge < -0.3 is 4.74 Å². The van der Waals surface area contributed by atoms with Crippen molar-refractivity contribution in [1.82, 2.24) is 9.13 Å². The molecule has 8 heteroatoms. The Labute approximate surface area is 182 Å². The van der Waals surface area contributed by atoms with Gasteiger partial charge in [-0.25, -0.2) is 18.2 Å². The van der Waals surface area contributed by atoms with Crippen LogP contribution in [0.1, 0.15) is 16.7 Å². The number of hydrogen-bond acceptors (Lipinski definition) is 5. The van der Waals surface area contributed by atoms with E-state index in [0.29, 0.717) is 16.7 Å². The Morgan fingerprint density at radius 3 is 2.10 bits per heavy atom. The molecule has 0 atom stereocenters. The molecule has 0 fully saturated rings. The molecule has 0 aliphatic rings. The fraction of sp³-hybridized carbons (Fsp3) is 0.304. The van der Waals surface area contributed by atoms with E-state index in [2.05, 4.69) is 12.1 Å². The molecule has 164 valence electrons. The van der Waals surface area contributed by atoms with Gasteiger partial charge in [0, 0.05) is 26.4 Å². The van der Waals surface area contributed by atoms with Crippen molar-refractivity contribution in [3.8, 4) is 17.0 Å². The minimum absolute atomic E-state index is 0.0666. The van der Waals surface area contributed by atoms with Gasteiger partial charge in [-0.05, 0) is 55.7 Å². The topological polar surface area (TPSA) is 82.7 Å². The van der Waals surface area contributed by atoms with Gasteiger partial charge in [-0.1, -0.05) is 17.7 Å². The maximum Gasteiger partial charge on any atom is 0.329 e. The van der Waals surface area contributed by atoms with E-state index >= 15 is 0 Å². The highest BCUT2D eigenvalue weighted by atomic mass is 32.2. The number of rotatable bonds is 4. The van der Waals surface area contributed by atoms with Gasteiger partial charge in [0.15, 0.2) is 9.84 Å².